The second-order valence-corrected chi connectivity index (χ2v) is 12.5. The van der Waals surface area contributed by atoms with Crippen molar-refractivity contribution in [3.05, 3.63) is 68.9 Å². The van der Waals surface area contributed by atoms with Crippen LogP contribution in [0.4, 0.5) is 5.69 Å². The summed E-state index contributed by atoms with van der Waals surface area (Å²) in [6.07, 6.45) is 7.27. The fourth-order valence-electron chi connectivity index (χ4n) is 5.54. The number of pyridine rings is 1. The van der Waals surface area contributed by atoms with Crippen molar-refractivity contribution in [3.8, 4) is 5.75 Å². The molecule has 1 amide bonds. The maximum atomic E-state index is 12.7. The Bertz CT molecular complexity index is 1490. The van der Waals surface area contributed by atoms with Gasteiger partial charge >= 0.3 is 5.97 Å². The van der Waals surface area contributed by atoms with E-state index in [1.165, 1.54) is 10.6 Å². The number of amides is 1. The van der Waals surface area contributed by atoms with Gasteiger partial charge in [0.2, 0.25) is 5.91 Å². The van der Waals surface area contributed by atoms with Gasteiger partial charge in [0.05, 0.1) is 27.9 Å². The van der Waals surface area contributed by atoms with E-state index in [2.05, 4.69) is 22.0 Å². The zero-order valence-electron chi connectivity index (χ0n) is 26.8. The maximum absolute atomic E-state index is 12.7. The molecular weight excluding hydrogens is 627 g/mol. The van der Waals surface area contributed by atoms with Crippen LogP contribution in [0.15, 0.2) is 53.3 Å². The first-order valence-electron chi connectivity index (χ1n) is 16.5. The second kappa shape index (κ2) is 18.8. The number of esters is 1. The molecule has 1 N–H and O–H groups in total. The van der Waals surface area contributed by atoms with Gasteiger partial charge in [-0.1, -0.05) is 55.5 Å². The molecule has 46 heavy (non-hydrogen) atoms. The summed E-state index contributed by atoms with van der Waals surface area (Å²) in [5.74, 6) is 0.263. The molecule has 3 aromatic rings. The van der Waals surface area contributed by atoms with Crippen molar-refractivity contribution in [1.29, 1.82) is 0 Å². The minimum Gasteiger partial charge on any atom is -0.494 e. The topological polar surface area (TPSA) is 93.1 Å². The Hall–Kier alpha value is -3.27. The van der Waals surface area contributed by atoms with Crippen molar-refractivity contribution >= 4 is 51.7 Å². The summed E-state index contributed by atoms with van der Waals surface area (Å²) >= 11 is 12.6. The molecule has 2 heterocycles. The zero-order chi connectivity index (χ0) is 32.7. The normalized spacial score (nSPS) is 13.6. The van der Waals surface area contributed by atoms with Gasteiger partial charge in [-0.25, -0.2) is 0 Å². The van der Waals surface area contributed by atoms with Gasteiger partial charge in [-0.3, -0.25) is 23.9 Å². The van der Waals surface area contributed by atoms with Gasteiger partial charge in [-0.2, -0.15) is 0 Å². The lowest BCUT2D eigenvalue weighted by atomic mass is 10.1. The van der Waals surface area contributed by atoms with Crippen molar-refractivity contribution in [3.63, 3.8) is 0 Å². The first-order chi connectivity index (χ1) is 22.4. The molecule has 1 aliphatic heterocycles. The molecule has 9 nitrogen and oxygen atoms in total. The number of hydrogen-bond acceptors (Lipinski definition) is 7. The molecule has 11 heteroatoms. The quantitative estimate of drug-likeness (QED) is 0.119. The number of piperazine rings is 1. The number of unbranched alkanes of at least 4 members (excludes halogenated alkanes) is 4. The lowest BCUT2D eigenvalue weighted by Gasteiger charge is -2.36. The van der Waals surface area contributed by atoms with Gasteiger partial charge in [-0.05, 0) is 67.9 Å². The monoisotopic (exact) mass is 672 g/mol. The Morgan fingerprint density at radius 3 is 2.50 bits per heavy atom. The van der Waals surface area contributed by atoms with Crippen LogP contribution < -0.4 is 20.5 Å². The number of rotatable bonds is 18. The standard InChI is InChI=1S/C35H46Cl2N4O5/c1-2-3-4-5-12-32(42)38-18-9-13-34(44)46-26-41-31-25-28(16-14-27(31)15-17-33(41)43)45-24-7-6-19-39-20-22-40(23-21-39)30-11-8-10-29(36)35(30)37/h8,10-11,14-17,25H,2-7,9,12-13,18-24,26H2,1H3,(H,38,42). The van der Waals surface area contributed by atoms with E-state index in [-0.39, 0.29) is 24.6 Å². The van der Waals surface area contributed by atoms with Gasteiger partial charge in [0, 0.05) is 57.7 Å². The van der Waals surface area contributed by atoms with Crippen molar-refractivity contribution in [2.24, 2.45) is 0 Å². The molecule has 0 spiro atoms. The molecule has 0 aliphatic carbocycles. The molecular formula is C35H46Cl2N4O5. The summed E-state index contributed by atoms with van der Waals surface area (Å²) in [6, 6.07) is 14.6. The number of nitrogens with one attached hydrogen (secondary N) is 1. The van der Waals surface area contributed by atoms with E-state index >= 15 is 0 Å². The number of aromatic nitrogens is 1. The lowest BCUT2D eigenvalue weighted by molar-refractivity contribution is -0.147. The Balaban J connectivity index is 1.16. The third-order valence-corrected chi connectivity index (χ3v) is 9.05. The van der Waals surface area contributed by atoms with E-state index < -0.39 is 5.97 Å². The highest BCUT2D eigenvalue weighted by Crippen LogP contribution is 2.33. The minimum atomic E-state index is -0.414. The molecule has 0 radical (unpaired) electrons. The number of nitrogens with zero attached hydrogens (tertiary/aromatic N) is 3. The molecule has 1 fully saturated rings. The lowest BCUT2D eigenvalue weighted by Crippen LogP contribution is -2.46. The third kappa shape index (κ3) is 10.9. The molecule has 2 aromatic carbocycles. The van der Waals surface area contributed by atoms with Crippen LogP contribution in [0.1, 0.15) is 64.7 Å². The number of benzene rings is 2. The number of halogens is 2. The highest BCUT2D eigenvalue weighted by molar-refractivity contribution is 6.43. The molecule has 0 bridgehead atoms. The van der Waals surface area contributed by atoms with Crippen LogP contribution in [0.25, 0.3) is 10.9 Å². The average molecular weight is 674 g/mol. The Labute approximate surface area is 281 Å². The number of carbonyl (C=O) groups excluding carboxylic acids is 2. The highest BCUT2D eigenvalue weighted by Gasteiger charge is 2.19. The summed E-state index contributed by atoms with van der Waals surface area (Å²) < 4.78 is 12.9. The summed E-state index contributed by atoms with van der Waals surface area (Å²) in [5, 5.41) is 4.90. The van der Waals surface area contributed by atoms with Crippen LogP contribution in [0.5, 0.6) is 5.75 Å². The number of hydrogen-bond donors (Lipinski definition) is 1. The Morgan fingerprint density at radius 2 is 1.70 bits per heavy atom. The van der Waals surface area contributed by atoms with Gasteiger partial charge in [0.25, 0.3) is 5.56 Å². The molecule has 250 valence electrons. The minimum absolute atomic E-state index is 0.0138. The van der Waals surface area contributed by atoms with E-state index in [0.29, 0.717) is 47.3 Å². The van der Waals surface area contributed by atoms with Crippen LogP contribution in [-0.2, 0) is 21.1 Å². The zero-order valence-corrected chi connectivity index (χ0v) is 28.3. The molecule has 0 saturated carbocycles. The smallest absolute Gasteiger partial charge is 0.307 e. The number of anilines is 1. The molecule has 1 saturated heterocycles. The first-order valence-corrected chi connectivity index (χ1v) is 17.2. The van der Waals surface area contributed by atoms with Crippen LogP contribution in [0, 0.1) is 0 Å². The highest BCUT2D eigenvalue weighted by atomic mass is 35.5. The van der Waals surface area contributed by atoms with Gasteiger partial charge in [0.1, 0.15) is 5.75 Å². The molecule has 1 aromatic heterocycles. The number of ether oxygens (including phenoxy) is 2. The summed E-state index contributed by atoms with van der Waals surface area (Å²) in [6.45, 7) is 7.67. The molecule has 0 atom stereocenters. The predicted octanol–water partition coefficient (Wildman–Crippen LogP) is 6.66. The largest absolute Gasteiger partial charge is 0.494 e. The Kier molecular flexibility index (Phi) is 14.5. The van der Waals surface area contributed by atoms with Crippen LogP contribution in [0.3, 0.4) is 0 Å². The fourth-order valence-corrected chi connectivity index (χ4v) is 5.95. The van der Waals surface area contributed by atoms with E-state index in [1.54, 1.807) is 6.07 Å². The van der Waals surface area contributed by atoms with Crippen molar-refractivity contribution in [1.82, 2.24) is 14.8 Å². The number of fused-ring (bicyclic) bond motifs is 1. The van der Waals surface area contributed by atoms with Crippen molar-refractivity contribution in [2.75, 3.05) is 50.8 Å². The average Bonchev–Trinajstić information content (AvgIpc) is 3.06. The molecule has 4 rings (SSSR count). The summed E-state index contributed by atoms with van der Waals surface area (Å²) in [4.78, 5) is 41.7. The molecule has 1 aliphatic rings. The van der Waals surface area contributed by atoms with Crippen molar-refractivity contribution < 1.29 is 19.1 Å². The van der Waals surface area contributed by atoms with Crippen LogP contribution in [-0.4, -0.2) is 67.2 Å². The van der Waals surface area contributed by atoms with Gasteiger partial charge in [0.15, 0.2) is 6.73 Å². The molecule has 0 unspecified atom stereocenters. The van der Waals surface area contributed by atoms with E-state index in [9.17, 15) is 14.4 Å². The third-order valence-electron chi connectivity index (χ3n) is 8.24. The van der Waals surface area contributed by atoms with Crippen LogP contribution >= 0.6 is 23.2 Å². The SMILES string of the molecule is CCCCCCC(=O)NCCCC(=O)OCn1c(=O)ccc2ccc(OCCCCN3CCN(c4cccc(Cl)c4Cl)CC3)cc21. The van der Waals surface area contributed by atoms with Crippen LogP contribution in [0.2, 0.25) is 10.0 Å². The predicted molar refractivity (Wildman–Crippen MR) is 185 cm³/mol. The number of carbonyl (C=O) groups is 2. The summed E-state index contributed by atoms with van der Waals surface area (Å²) in [7, 11) is 0. The van der Waals surface area contributed by atoms with Gasteiger partial charge < -0.3 is 19.7 Å². The second-order valence-electron chi connectivity index (χ2n) is 11.7. The van der Waals surface area contributed by atoms with Gasteiger partial charge in [-0.15, -0.1) is 0 Å². The van der Waals surface area contributed by atoms with E-state index in [0.717, 1.165) is 82.3 Å². The maximum Gasteiger partial charge on any atom is 0.307 e. The Morgan fingerprint density at radius 1 is 0.891 bits per heavy atom. The van der Waals surface area contributed by atoms with E-state index in [1.807, 2.05) is 36.4 Å². The van der Waals surface area contributed by atoms with Crippen molar-refractivity contribution in [2.45, 2.75) is 71.4 Å². The van der Waals surface area contributed by atoms with E-state index in [4.69, 9.17) is 32.7 Å². The fraction of sp³-hybridized carbons (Fsp3) is 0.514. The first kappa shape index (κ1) is 35.6. The summed E-state index contributed by atoms with van der Waals surface area (Å²) in [5.41, 5.74) is 1.38.